The Hall–Kier alpha value is -3.35. The van der Waals surface area contributed by atoms with E-state index in [0.717, 1.165) is 23.3 Å². The summed E-state index contributed by atoms with van der Waals surface area (Å²) in [5.74, 6) is 0.125. The standard InChI is InChI=1S/C21H17F3N2O2/c22-21(23,24)18-7-4-8-19(15-18)27-13-14-28-26-20(16-5-2-1-3-6-16)17-9-11-25-12-10-17/h1-12,15H,13-14H2. The molecule has 0 saturated heterocycles. The lowest BCUT2D eigenvalue weighted by atomic mass is 10.0. The molecule has 0 fully saturated rings. The number of rotatable bonds is 7. The Labute approximate surface area is 160 Å². The Kier molecular flexibility index (Phi) is 6.26. The second-order valence-corrected chi connectivity index (χ2v) is 5.75. The summed E-state index contributed by atoms with van der Waals surface area (Å²) < 4.78 is 43.5. The van der Waals surface area contributed by atoms with Gasteiger partial charge in [-0.2, -0.15) is 13.2 Å². The lowest BCUT2D eigenvalue weighted by molar-refractivity contribution is -0.137. The van der Waals surface area contributed by atoms with Gasteiger partial charge in [-0.25, -0.2) is 0 Å². The minimum absolute atomic E-state index is 0.0588. The molecule has 0 N–H and O–H groups in total. The number of hydrogen-bond acceptors (Lipinski definition) is 4. The first-order valence-electron chi connectivity index (χ1n) is 8.50. The minimum Gasteiger partial charge on any atom is -0.490 e. The van der Waals surface area contributed by atoms with Gasteiger partial charge < -0.3 is 9.57 Å². The van der Waals surface area contributed by atoms with Crippen LogP contribution in [0.5, 0.6) is 5.75 Å². The molecule has 3 aromatic rings. The third kappa shape index (κ3) is 5.33. The van der Waals surface area contributed by atoms with Crippen molar-refractivity contribution >= 4 is 5.71 Å². The summed E-state index contributed by atoms with van der Waals surface area (Å²) in [7, 11) is 0. The van der Waals surface area contributed by atoms with Crippen LogP contribution < -0.4 is 4.74 Å². The van der Waals surface area contributed by atoms with Gasteiger partial charge in [0.05, 0.1) is 5.56 Å². The fraction of sp³-hybridized carbons (Fsp3) is 0.143. The first kappa shape index (κ1) is 19.4. The zero-order valence-corrected chi connectivity index (χ0v) is 14.8. The van der Waals surface area contributed by atoms with E-state index >= 15 is 0 Å². The van der Waals surface area contributed by atoms with Crippen molar-refractivity contribution in [1.82, 2.24) is 4.98 Å². The molecule has 0 spiro atoms. The van der Waals surface area contributed by atoms with Crippen molar-refractivity contribution in [3.05, 3.63) is 95.8 Å². The molecule has 0 aliphatic carbocycles. The van der Waals surface area contributed by atoms with E-state index in [2.05, 4.69) is 10.1 Å². The van der Waals surface area contributed by atoms with E-state index < -0.39 is 11.7 Å². The van der Waals surface area contributed by atoms with E-state index in [4.69, 9.17) is 9.57 Å². The predicted octanol–water partition coefficient (Wildman–Crippen LogP) is 4.95. The van der Waals surface area contributed by atoms with Gasteiger partial charge in [0.1, 0.15) is 18.1 Å². The van der Waals surface area contributed by atoms with Gasteiger partial charge in [0, 0.05) is 23.5 Å². The molecule has 0 saturated carbocycles. The van der Waals surface area contributed by atoms with Crippen LogP contribution in [-0.4, -0.2) is 23.9 Å². The van der Waals surface area contributed by atoms with Crippen molar-refractivity contribution in [1.29, 1.82) is 0 Å². The van der Waals surface area contributed by atoms with Crippen LogP contribution in [0, 0.1) is 0 Å². The predicted molar refractivity (Wildman–Crippen MR) is 99.2 cm³/mol. The quantitative estimate of drug-likeness (QED) is 0.328. The average molecular weight is 386 g/mol. The molecular formula is C21H17F3N2O2. The molecule has 4 nitrogen and oxygen atoms in total. The van der Waals surface area contributed by atoms with Crippen LogP contribution in [0.1, 0.15) is 16.7 Å². The fourth-order valence-electron chi connectivity index (χ4n) is 2.45. The highest BCUT2D eigenvalue weighted by molar-refractivity contribution is 6.12. The highest BCUT2D eigenvalue weighted by Crippen LogP contribution is 2.31. The van der Waals surface area contributed by atoms with Crippen molar-refractivity contribution in [3.8, 4) is 5.75 Å². The van der Waals surface area contributed by atoms with Gasteiger partial charge in [-0.1, -0.05) is 41.6 Å². The van der Waals surface area contributed by atoms with Gasteiger partial charge in [0.25, 0.3) is 0 Å². The molecule has 0 unspecified atom stereocenters. The maximum atomic E-state index is 12.7. The molecule has 28 heavy (non-hydrogen) atoms. The molecule has 3 rings (SSSR count). The van der Waals surface area contributed by atoms with E-state index in [1.54, 1.807) is 12.4 Å². The van der Waals surface area contributed by atoms with E-state index in [9.17, 15) is 13.2 Å². The molecule has 0 aliphatic rings. The van der Waals surface area contributed by atoms with Gasteiger partial charge in [0.2, 0.25) is 0 Å². The van der Waals surface area contributed by atoms with Crippen molar-refractivity contribution in [2.45, 2.75) is 6.18 Å². The minimum atomic E-state index is -4.41. The number of ether oxygens (including phenoxy) is 1. The Morgan fingerprint density at radius 3 is 2.29 bits per heavy atom. The molecule has 1 aromatic heterocycles. The number of hydrogen-bond donors (Lipinski definition) is 0. The first-order valence-corrected chi connectivity index (χ1v) is 8.50. The van der Waals surface area contributed by atoms with Crippen molar-refractivity contribution < 1.29 is 22.7 Å². The number of pyridine rings is 1. The topological polar surface area (TPSA) is 43.7 Å². The number of alkyl halides is 3. The summed E-state index contributed by atoms with van der Waals surface area (Å²) in [5, 5.41) is 4.18. The average Bonchev–Trinajstić information content (AvgIpc) is 2.71. The third-order valence-corrected chi connectivity index (χ3v) is 3.76. The first-order chi connectivity index (χ1) is 13.5. The van der Waals surface area contributed by atoms with E-state index in [0.29, 0.717) is 5.71 Å². The fourth-order valence-corrected chi connectivity index (χ4v) is 2.45. The Morgan fingerprint density at radius 1 is 0.857 bits per heavy atom. The molecule has 0 amide bonds. The SMILES string of the molecule is FC(F)(F)c1cccc(OCCON=C(c2ccccc2)c2ccncc2)c1. The summed E-state index contributed by atoms with van der Waals surface area (Å²) >= 11 is 0. The van der Waals surface area contributed by atoms with Crippen LogP contribution in [-0.2, 0) is 11.0 Å². The smallest absolute Gasteiger partial charge is 0.416 e. The molecule has 1 heterocycles. The molecule has 2 aromatic carbocycles. The summed E-state index contributed by atoms with van der Waals surface area (Å²) in [6, 6.07) is 17.8. The maximum Gasteiger partial charge on any atom is 0.416 e. The largest absolute Gasteiger partial charge is 0.490 e. The van der Waals surface area contributed by atoms with Gasteiger partial charge >= 0.3 is 6.18 Å². The Balaban J connectivity index is 1.62. The Morgan fingerprint density at radius 2 is 1.57 bits per heavy atom. The molecule has 0 aliphatic heterocycles. The second-order valence-electron chi connectivity index (χ2n) is 5.75. The summed E-state index contributed by atoms with van der Waals surface area (Å²) in [6.45, 7) is 0.140. The zero-order valence-electron chi connectivity index (χ0n) is 14.8. The van der Waals surface area contributed by atoms with Crippen molar-refractivity contribution in [2.75, 3.05) is 13.2 Å². The molecule has 0 radical (unpaired) electrons. The zero-order chi connectivity index (χ0) is 19.8. The van der Waals surface area contributed by atoms with Gasteiger partial charge in [-0.15, -0.1) is 0 Å². The molecule has 7 heteroatoms. The molecule has 144 valence electrons. The molecular weight excluding hydrogens is 369 g/mol. The molecule has 0 bridgehead atoms. The summed E-state index contributed by atoms with van der Waals surface area (Å²) in [6.07, 6.45) is -1.09. The highest BCUT2D eigenvalue weighted by Gasteiger charge is 2.30. The lowest BCUT2D eigenvalue weighted by Gasteiger charge is -2.10. The van der Waals surface area contributed by atoms with Crippen LogP contribution >= 0.6 is 0 Å². The third-order valence-electron chi connectivity index (χ3n) is 3.76. The van der Waals surface area contributed by atoms with Crippen LogP contribution in [0.3, 0.4) is 0 Å². The Bertz CT molecular complexity index is 872. The monoisotopic (exact) mass is 386 g/mol. The van der Waals surface area contributed by atoms with Crippen molar-refractivity contribution in [2.24, 2.45) is 5.16 Å². The normalized spacial score (nSPS) is 11.9. The van der Waals surface area contributed by atoms with E-state index in [1.807, 2.05) is 42.5 Å². The van der Waals surface area contributed by atoms with Crippen molar-refractivity contribution in [3.63, 3.8) is 0 Å². The van der Waals surface area contributed by atoms with Crippen LogP contribution in [0.15, 0.2) is 84.3 Å². The highest BCUT2D eigenvalue weighted by atomic mass is 19.4. The molecule has 0 atom stereocenters. The maximum absolute atomic E-state index is 12.7. The number of halogens is 3. The second kappa shape index (κ2) is 9.03. The van der Waals surface area contributed by atoms with Crippen LogP contribution in [0.2, 0.25) is 0 Å². The van der Waals surface area contributed by atoms with Gasteiger partial charge in [-0.3, -0.25) is 4.98 Å². The summed E-state index contributed by atoms with van der Waals surface area (Å²) in [4.78, 5) is 9.34. The number of aromatic nitrogens is 1. The number of benzene rings is 2. The van der Waals surface area contributed by atoms with E-state index in [1.165, 1.54) is 12.1 Å². The summed E-state index contributed by atoms with van der Waals surface area (Å²) in [5.41, 5.74) is 1.57. The van der Waals surface area contributed by atoms with Crippen LogP contribution in [0.25, 0.3) is 0 Å². The number of nitrogens with zero attached hydrogens (tertiary/aromatic N) is 2. The van der Waals surface area contributed by atoms with Gasteiger partial charge in [-0.05, 0) is 30.3 Å². The van der Waals surface area contributed by atoms with Crippen LogP contribution in [0.4, 0.5) is 13.2 Å². The van der Waals surface area contributed by atoms with E-state index in [-0.39, 0.29) is 19.0 Å². The number of oxime groups is 1. The lowest BCUT2D eigenvalue weighted by Crippen LogP contribution is -2.09. The van der Waals surface area contributed by atoms with Gasteiger partial charge in [0.15, 0.2) is 6.61 Å².